The molecular weight excluding hydrogens is 424 g/mol. The number of aromatic amines is 1. The molecule has 0 spiro atoms. The number of aromatic nitrogens is 1. The zero-order chi connectivity index (χ0) is 22.3. The molecule has 0 aliphatic carbocycles. The van der Waals surface area contributed by atoms with Gasteiger partial charge in [-0.3, -0.25) is 9.59 Å². The monoisotopic (exact) mass is 444 g/mol. The molecule has 6 heteroatoms. The zero-order valence-electron chi connectivity index (χ0n) is 17.2. The van der Waals surface area contributed by atoms with Gasteiger partial charge in [0.2, 0.25) is 0 Å². The Morgan fingerprint density at radius 2 is 1.72 bits per heavy atom. The number of para-hydroxylation sites is 2. The summed E-state index contributed by atoms with van der Waals surface area (Å²) in [6.45, 7) is 0.389. The maximum absolute atomic E-state index is 13.4. The van der Waals surface area contributed by atoms with Gasteiger partial charge in [-0.25, -0.2) is 0 Å². The van der Waals surface area contributed by atoms with Crippen LogP contribution in [0.15, 0.2) is 79.0 Å². The smallest absolute Gasteiger partial charge is 0.264 e. The lowest BCUT2D eigenvalue weighted by Crippen LogP contribution is -2.42. The number of fused-ring (bicyclic) bond motifs is 2. The largest absolute Gasteiger partial charge is 0.375 e. The quantitative estimate of drug-likeness (QED) is 0.416. The van der Waals surface area contributed by atoms with Crippen molar-refractivity contribution >= 4 is 39.9 Å². The lowest BCUT2D eigenvalue weighted by molar-refractivity contribution is -0.135. The number of H-pyrrole nitrogens is 1. The minimum absolute atomic E-state index is 0.296. The maximum atomic E-state index is 13.4. The molecule has 0 bridgehead atoms. The van der Waals surface area contributed by atoms with E-state index in [4.69, 9.17) is 11.6 Å². The van der Waals surface area contributed by atoms with Crippen molar-refractivity contribution in [3.63, 3.8) is 0 Å². The van der Waals surface area contributed by atoms with E-state index in [0.717, 1.165) is 16.5 Å². The van der Waals surface area contributed by atoms with Crippen LogP contribution >= 0.6 is 11.6 Å². The number of hydrogen-bond donors (Lipinski definition) is 2. The molecule has 32 heavy (non-hydrogen) atoms. The summed E-state index contributed by atoms with van der Waals surface area (Å²) in [7, 11) is 0. The molecule has 160 valence electrons. The molecule has 4 aromatic rings. The molecule has 1 aliphatic rings. The number of carbonyl (C=O) groups excluding carboxylic acids is 2. The van der Waals surface area contributed by atoms with Crippen LogP contribution in [0.5, 0.6) is 0 Å². The highest BCUT2D eigenvalue weighted by Gasteiger charge is 2.50. The summed E-state index contributed by atoms with van der Waals surface area (Å²) in [6, 6.07) is 21.8. The lowest BCUT2D eigenvalue weighted by atomic mass is 9.88. The van der Waals surface area contributed by atoms with E-state index in [1.54, 1.807) is 47.4 Å². The second-order valence-corrected chi connectivity index (χ2v) is 8.43. The highest BCUT2D eigenvalue weighted by atomic mass is 35.5. The third kappa shape index (κ3) is 3.30. The maximum Gasteiger partial charge on any atom is 0.264 e. The van der Waals surface area contributed by atoms with Gasteiger partial charge >= 0.3 is 0 Å². The predicted molar refractivity (Wildman–Crippen MR) is 125 cm³/mol. The van der Waals surface area contributed by atoms with Crippen LogP contribution in [0.2, 0.25) is 5.02 Å². The van der Waals surface area contributed by atoms with Crippen molar-refractivity contribution < 1.29 is 14.7 Å². The summed E-state index contributed by atoms with van der Waals surface area (Å²) >= 11 is 6.17. The molecule has 0 saturated heterocycles. The molecule has 2 heterocycles. The average molecular weight is 445 g/mol. The molecule has 0 saturated carbocycles. The number of Topliss-reactive ketones (excluding diaryl/α,β-unsaturated/α-hetero) is 1. The normalized spacial score (nSPS) is 17.7. The summed E-state index contributed by atoms with van der Waals surface area (Å²) in [5.41, 5.74) is 1.58. The number of benzene rings is 3. The topological polar surface area (TPSA) is 73.4 Å². The standard InChI is InChI=1S/C26H21ClN2O3/c27-21-10-4-1-8-19(21)24(30)15-26(32)20-9-3-6-12-23(20)29(25(26)31)14-13-17-16-28-22-11-5-2-7-18(17)22/h1-12,16,28,32H,13-15H2. The van der Waals surface area contributed by atoms with Crippen molar-refractivity contribution in [2.75, 3.05) is 11.4 Å². The van der Waals surface area contributed by atoms with Crippen LogP contribution in [0.1, 0.15) is 27.9 Å². The highest BCUT2D eigenvalue weighted by Crippen LogP contribution is 2.43. The fourth-order valence-corrected chi connectivity index (χ4v) is 4.73. The number of amides is 1. The van der Waals surface area contributed by atoms with Gasteiger partial charge in [-0.1, -0.05) is 60.1 Å². The lowest BCUT2D eigenvalue weighted by Gasteiger charge is -2.23. The van der Waals surface area contributed by atoms with E-state index in [0.29, 0.717) is 34.8 Å². The van der Waals surface area contributed by atoms with Crippen molar-refractivity contribution in [3.8, 4) is 0 Å². The Bertz CT molecular complexity index is 1350. The van der Waals surface area contributed by atoms with Gasteiger partial charge < -0.3 is 15.0 Å². The van der Waals surface area contributed by atoms with Gasteiger partial charge in [-0.15, -0.1) is 0 Å². The molecule has 0 radical (unpaired) electrons. The Balaban J connectivity index is 1.44. The average Bonchev–Trinajstić information content (AvgIpc) is 3.30. The van der Waals surface area contributed by atoms with Crippen LogP contribution in [-0.4, -0.2) is 28.3 Å². The fraction of sp³-hybridized carbons (Fsp3) is 0.154. The molecule has 3 aromatic carbocycles. The summed E-state index contributed by atoms with van der Waals surface area (Å²) in [6.07, 6.45) is 2.19. The predicted octanol–water partition coefficient (Wildman–Crippen LogP) is 4.87. The van der Waals surface area contributed by atoms with Gasteiger partial charge in [0.1, 0.15) is 0 Å². The van der Waals surface area contributed by atoms with E-state index < -0.39 is 11.5 Å². The van der Waals surface area contributed by atoms with Gasteiger partial charge in [-0.2, -0.15) is 0 Å². The van der Waals surface area contributed by atoms with Crippen LogP contribution < -0.4 is 4.90 Å². The first-order chi connectivity index (χ1) is 15.5. The molecule has 1 atom stereocenters. The Kier molecular flexibility index (Phi) is 5.08. The van der Waals surface area contributed by atoms with Crippen molar-refractivity contribution in [1.82, 2.24) is 4.98 Å². The van der Waals surface area contributed by atoms with Crippen LogP contribution in [0, 0.1) is 0 Å². The number of nitrogens with zero attached hydrogens (tertiary/aromatic N) is 1. The SMILES string of the molecule is O=C(CC1(O)C(=O)N(CCc2c[nH]c3ccccc23)c2ccccc21)c1ccccc1Cl. The van der Waals surface area contributed by atoms with Gasteiger partial charge in [-0.05, 0) is 36.2 Å². The molecule has 5 nitrogen and oxygen atoms in total. The summed E-state index contributed by atoms with van der Waals surface area (Å²) in [4.78, 5) is 31.2. The van der Waals surface area contributed by atoms with Crippen molar-refractivity contribution in [3.05, 3.63) is 101 Å². The Morgan fingerprint density at radius 1 is 1.00 bits per heavy atom. The first kappa shape index (κ1) is 20.5. The zero-order valence-corrected chi connectivity index (χ0v) is 18.0. The van der Waals surface area contributed by atoms with E-state index in [-0.39, 0.29) is 12.2 Å². The highest BCUT2D eigenvalue weighted by molar-refractivity contribution is 6.34. The molecule has 0 fully saturated rings. The number of ketones is 1. The molecule has 1 unspecified atom stereocenters. The molecular formula is C26H21ClN2O3. The Labute approximate surface area is 190 Å². The van der Waals surface area contributed by atoms with E-state index in [9.17, 15) is 14.7 Å². The number of rotatable bonds is 6. The molecule has 5 rings (SSSR count). The Morgan fingerprint density at radius 3 is 2.56 bits per heavy atom. The van der Waals surface area contributed by atoms with Crippen molar-refractivity contribution in [2.45, 2.75) is 18.4 Å². The number of nitrogens with one attached hydrogen (secondary N) is 1. The first-order valence-electron chi connectivity index (χ1n) is 10.5. The fourth-order valence-electron chi connectivity index (χ4n) is 4.49. The van der Waals surface area contributed by atoms with Crippen molar-refractivity contribution in [2.24, 2.45) is 0 Å². The van der Waals surface area contributed by atoms with Gasteiger partial charge in [0, 0.05) is 34.8 Å². The van der Waals surface area contributed by atoms with Gasteiger partial charge in [0.15, 0.2) is 11.4 Å². The van der Waals surface area contributed by atoms with Crippen LogP contribution in [-0.2, 0) is 16.8 Å². The van der Waals surface area contributed by atoms with E-state index in [1.165, 1.54) is 0 Å². The summed E-state index contributed by atoms with van der Waals surface area (Å²) < 4.78 is 0. The number of aliphatic hydroxyl groups is 1. The van der Waals surface area contributed by atoms with Crippen LogP contribution in [0.25, 0.3) is 10.9 Å². The van der Waals surface area contributed by atoms with Gasteiger partial charge in [0.05, 0.1) is 17.1 Å². The Hall–Kier alpha value is -3.41. The molecule has 1 aromatic heterocycles. The summed E-state index contributed by atoms with van der Waals surface area (Å²) in [5, 5.41) is 12.9. The van der Waals surface area contributed by atoms with Crippen LogP contribution in [0.3, 0.4) is 0 Å². The van der Waals surface area contributed by atoms with E-state index in [2.05, 4.69) is 4.98 Å². The second-order valence-electron chi connectivity index (χ2n) is 8.02. The number of carbonyl (C=O) groups is 2. The number of halogens is 1. The van der Waals surface area contributed by atoms with E-state index >= 15 is 0 Å². The van der Waals surface area contributed by atoms with Crippen LogP contribution in [0.4, 0.5) is 5.69 Å². The molecule has 1 amide bonds. The minimum Gasteiger partial charge on any atom is -0.375 e. The third-order valence-electron chi connectivity index (χ3n) is 6.11. The minimum atomic E-state index is -1.92. The van der Waals surface area contributed by atoms with Crippen molar-refractivity contribution in [1.29, 1.82) is 0 Å². The van der Waals surface area contributed by atoms with Gasteiger partial charge in [0.25, 0.3) is 5.91 Å². The first-order valence-corrected chi connectivity index (χ1v) is 10.8. The second kappa shape index (κ2) is 7.93. The molecule has 2 N–H and O–H groups in total. The van der Waals surface area contributed by atoms with E-state index in [1.807, 2.05) is 36.5 Å². The number of hydrogen-bond acceptors (Lipinski definition) is 3. The number of anilines is 1. The summed E-state index contributed by atoms with van der Waals surface area (Å²) in [5.74, 6) is -0.862. The third-order valence-corrected chi connectivity index (χ3v) is 6.44. The molecule has 1 aliphatic heterocycles.